The molecule has 0 unspecified atom stereocenters. The molecule has 0 spiro atoms. The van der Waals surface area contributed by atoms with E-state index in [9.17, 15) is 9.18 Å². The second-order valence-electron chi connectivity index (χ2n) is 6.07. The third-order valence-electron chi connectivity index (χ3n) is 3.48. The van der Waals surface area contributed by atoms with E-state index in [-0.39, 0.29) is 22.9 Å². The summed E-state index contributed by atoms with van der Waals surface area (Å²) < 4.78 is 18.4. The van der Waals surface area contributed by atoms with Crippen molar-refractivity contribution in [3.05, 3.63) is 69.6 Å². The van der Waals surface area contributed by atoms with Gasteiger partial charge in [0.15, 0.2) is 5.13 Å². The van der Waals surface area contributed by atoms with Crippen molar-refractivity contribution in [1.29, 1.82) is 0 Å². The fourth-order valence-electron chi connectivity index (χ4n) is 2.28. The van der Waals surface area contributed by atoms with Crippen LogP contribution < -0.4 is 10.1 Å². The molecule has 2 heterocycles. The van der Waals surface area contributed by atoms with E-state index in [4.69, 9.17) is 16.3 Å². The van der Waals surface area contributed by atoms with Gasteiger partial charge in [-0.2, -0.15) is 0 Å². The minimum Gasteiger partial charge on any atom is -0.474 e. The summed E-state index contributed by atoms with van der Waals surface area (Å²) in [6.07, 6.45) is 3.65. The van der Waals surface area contributed by atoms with E-state index in [0.29, 0.717) is 23.0 Å². The first kappa shape index (κ1) is 19.3. The first-order valence-corrected chi connectivity index (χ1v) is 9.43. The molecule has 1 aromatic carbocycles. The zero-order valence-corrected chi connectivity index (χ0v) is 16.3. The van der Waals surface area contributed by atoms with Crippen LogP contribution in [0.3, 0.4) is 0 Å². The molecule has 27 heavy (non-hydrogen) atoms. The standard InChI is InChI=1S/C19H17ClFN3O2S/c1-11(2)26-18-16(20)8-13(9-22-18)17(25)24-19-23-10-15(27-19)7-12-3-5-14(21)6-4-12/h3-6,8-11H,7H2,1-2H3,(H,23,24,25). The zero-order valence-electron chi connectivity index (χ0n) is 14.7. The van der Waals surface area contributed by atoms with Crippen LogP contribution in [0.4, 0.5) is 9.52 Å². The van der Waals surface area contributed by atoms with Crippen molar-refractivity contribution in [2.75, 3.05) is 5.32 Å². The van der Waals surface area contributed by atoms with Crippen LogP contribution in [0.2, 0.25) is 5.02 Å². The molecule has 0 aliphatic carbocycles. The van der Waals surface area contributed by atoms with E-state index in [1.165, 1.54) is 35.7 Å². The van der Waals surface area contributed by atoms with Gasteiger partial charge in [0, 0.05) is 23.7 Å². The van der Waals surface area contributed by atoms with Gasteiger partial charge in [-0.15, -0.1) is 11.3 Å². The molecule has 1 N–H and O–H groups in total. The monoisotopic (exact) mass is 405 g/mol. The fraction of sp³-hybridized carbons (Fsp3) is 0.211. The van der Waals surface area contributed by atoms with E-state index in [1.807, 2.05) is 13.8 Å². The maximum absolute atomic E-state index is 13.0. The Morgan fingerprint density at radius 2 is 2.00 bits per heavy atom. The smallest absolute Gasteiger partial charge is 0.259 e. The summed E-state index contributed by atoms with van der Waals surface area (Å²) in [7, 11) is 0. The Kier molecular flexibility index (Phi) is 6.03. The minimum absolute atomic E-state index is 0.0653. The summed E-state index contributed by atoms with van der Waals surface area (Å²) in [5.74, 6) is -0.338. The Balaban J connectivity index is 1.65. The van der Waals surface area contributed by atoms with Gasteiger partial charge in [-0.05, 0) is 37.6 Å². The van der Waals surface area contributed by atoms with E-state index >= 15 is 0 Å². The summed E-state index contributed by atoms with van der Waals surface area (Å²) >= 11 is 7.47. The zero-order chi connectivity index (χ0) is 19.4. The van der Waals surface area contributed by atoms with Crippen LogP contribution in [0.15, 0.2) is 42.7 Å². The van der Waals surface area contributed by atoms with E-state index in [0.717, 1.165) is 10.4 Å². The van der Waals surface area contributed by atoms with Crippen molar-refractivity contribution in [1.82, 2.24) is 9.97 Å². The molecule has 0 atom stereocenters. The third-order valence-corrected chi connectivity index (χ3v) is 4.67. The molecule has 3 rings (SSSR count). The van der Waals surface area contributed by atoms with Crippen molar-refractivity contribution in [2.45, 2.75) is 26.4 Å². The van der Waals surface area contributed by atoms with Gasteiger partial charge in [-0.25, -0.2) is 14.4 Å². The van der Waals surface area contributed by atoms with E-state index in [2.05, 4.69) is 15.3 Å². The molecule has 1 amide bonds. The maximum atomic E-state index is 13.0. The number of rotatable bonds is 6. The fourth-order valence-corrected chi connectivity index (χ4v) is 3.33. The predicted molar refractivity (Wildman–Crippen MR) is 104 cm³/mol. The number of nitrogens with zero attached hydrogens (tertiary/aromatic N) is 2. The van der Waals surface area contributed by atoms with Gasteiger partial charge in [0.05, 0.1) is 11.7 Å². The molecular weight excluding hydrogens is 389 g/mol. The van der Waals surface area contributed by atoms with Crippen LogP contribution in [0.1, 0.15) is 34.6 Å². The van der Waals surface area contributed by atoms with Gasteiger partial charge < -0.3 is 4.74 Å². The van der Waals surface area contributed by atoms with Crippen LogP contribution in [0, 0.1) is 5.82 Å². The third kappa shape index (κ3) is 5.24. The summed E-state index contributed by atoms with van der Waals surface area (Å²) in [4.78, 5) is 21.6. The molecular formula is C19H17ClFN3O2S. The SMILES string of the molecule is CC(C)Oc1ncc(C(=O)Nc2ncc(Cc3ccc(F)cc3)s2)cc1Cl. The minimum atomic E-state index is -0.358. The predicted octanol–water partition coefficient (Wildman–Crippen LogP) is 4.96. The number of benzene rings is 1. The van der Waals surface area contributed by atoms with Crippen molar-refractivity contribution in [3.63, 3.8) is 0 Å². The normalized spacial score (nSPS) is 10.9. The maximum Gasteiger partial charge on any atom is 0.259 e. The van der Waals surface area contributed by atoms with Gasteiger partial charge in [-0.1, -0.05) is 23.7 Å². The summed E-state index contributed by atoms with van der Waals surface area (Å²) in [5, 5.41) is 3.47. The van der Waals surface area contributed by atoms with Crippen LogP contribution in [0.25, 0.3) is 0 Å². The Hall–Kier alpha value is -2.51. The molecule has 3 aromatic rings. The lowest BCUT2D eigenvalue weighted by atomic mass is 10.1. The Morgan fingerprint density at radius 1 is 1.26 bits per heavy atom. The Morgan fingerprint density at radius 3 is 2.67 bits per heavy atom. The number of carbonyl (C=O) groups is 1. The number of aromatic nitrogens is 2. The molecule has 0 saturated carbocycles. The Labute approximate surface area is 165 Å². The number of nitrogens with one attached hydrogen (secondary N) is 1. The number of hydrogen-bond donors (Lipinski definition) is 1. The van der Waals surface area contributed by atoms with Crippen molar-refractivity contribution in [3.8, 4) is 5.88 Å². The number of pyridine rings is 1. The molecule has 2 aromatic heterocycles. The van der Waals surface area contributed by atoms with Crippen LogP contribution >= 0.6 is 22.9 Å². The second-order valence-corrected chi connectivity index (χ2v) is 7.59. The number of hydrogen-bond acceptors (Lipinski definition) is 5. The first-order chi connectivity index (χ1) is 12.9. The van der Waals surface area contributed by atoms with E-state index in [1.54, 1.807) is 18.3 Å². The molecule has 0 fully saturated rings. The lowest BCUT2D eigenvalue weighted by Gasteiger charge is -2.10. The molecule has 0 aliphatic rings. The molecule has 0 bridgehead atoms. The number of halogens is 2. The highest BCUT2D eigenvalue weighted by Gasteiger charge is 2.14. The number of ether oxygens (including phenoxy) is 1. The van der Waals surface area contributed by atoms with Crippen molar-refractivity contribution < 1.29 is 13.9 Å². The summed E-state index contributed by atoms with van der Waals surface area (Å²) in [5.41, 5.74) is 1.28. The summed E-state index contributed by atoms with van der Waals surface area (Å²) in [6.45, 7) is 3.73. The van der Waals surface area contributed by atoms with Crippen LogP contribution in [-0.2, 0) is 6.42 Å². The topological polar surface area (TPSA) is 64.1 Å². The molecule has 0 saturated heterocycles. The van der Waals surface area contributed by atoms with Gasteiger partial charge in [-0.3, -0.25) is 10.1 Å². The molecule has 0 radical (unpaired) electrons. The highest BCUT2D eigenvalue weighted by Crippen LogP contribution is 2.25. The number of anilines is 1. The largest absolute Gasteiger partial charge is 0.474 e. The lowest BCUT2D eigenvalue weighted by Crippen LogP contribution is -2.13. The average molecular weight is 406 g/mol. The first-order valence-electron chi connectivity index (χ1n) is 8.23. The Bertz CT molecular complexity index is 944. The van der Waals surface area contributed by atoms with Crippen LogP contribution in [-0.4, -0.2) is 22.0 Å². The molecule has 5 nitrogen and oxygen atoms in total. The van der Waals surface area contributed by atoms with Gasteiger partial charge in [0.2, 0.25) is 5.88 Å². The van der Waals surface area contributed by atoms with Gasteiger partial charge in [0.1, 0.15) is 10.8 Å². The molecule has 8 heteroatoms. The lowest BCUT2D eigenvalue weighted by molar-refractivity contribution is 0.102. The highest BCUT2D eigenvalue weighted by molar-refractivity contribution is 7.15. The van der Waals surface area contributed by atoms with E-state index < -0.39 is 0 Å². The van der Waals surface area contributed by atoms with Crippen molar-refractivity contribution >= 4 is 34.0 Å². The number of thiazole rings is 1. The molecule has 0 aliphatic heterocycles. The quantitative estimate of drug-likeness (QED) is 0.629. The van der Waals surface area contributed by atoms with Gasteiger partial charge in [0.25, 0.3) is 5.91 Å². The molecule has 140 valence electrons. The number of carbonyl (C=O) groups excluding carboxylic acids is 1. The van der Waals surface area contributed by atoms with Crippen LogP contribution in [0.5, 0.6) is 5.88 Å². The highest BCUT2D eigenvalue weighted by atomic mass is 35.5. The summed E-state index contributed by atoms with van der Waals surface area (Å²) in [6, 6.07) is 7.79. The van der Waals surface area contributed by atoms with Crippen molar-refractivity contribution in [2.24, 2.45) is 0 Å². The second kappa shape index (κ2) is 8.45. The van der Waals surface area contributed by atoms with Gasteiger partial charge >= 0.3 is 0 Å². The number of amides is 1. The average Bonchev–Trinajstić information content (AvgIpc) is 3.05.